The highest BCUT2D eigenvalue weighted by molar-refractivity contribution is 5.90. The van der Waals surface area contributed by atoms with Crippen molar-refractivity contribution in [2.45, 2.75) is 33.7 Å². The van der Waals surface area contributed by atoms with Crippen LogP contribution in [0.5, 0.6) is 0 Å². The minimum absolute atomic E-state index is 0.155. The molecule has 20 heavy (non-hydrogen) atoms. The van der Waals surface area contributed by atoms with E-state index in [0.29, 0.717) is 16.9 Å². The molecule has 0 bridgehead atoms. The number of rotatable bonds is 3. The van der Waals surface area contributed by atoms with Crippen LogP contribution in [0.3, 0.4) is 0 Å². The third-order valence-electron chi connectivity index (χ3n) is 3.24. The van der Waals surface area contributed by atoms with Gasteiger partial charge in [-0.05, 0) is 33.3 Å². The number of aromatic nitrogens is 3. The Morgan fingerprint density at radius 3 is 2.50 bits per heavy atom. The first-order chi connectivity index (χ1) is 9.32. The number of aryl methyl sites for hydroxylation is 1. The summed E-state index contributed by atoms with van der Waals surface area (Å²) in [5.74, 6) is -1.04. The highest BCUT2D eigenvalue weighted by Gasteiger charge is 2.17. The summed E-state index contributed by atoms with van der Waals surface area (Å²) in [6.45, 7) is 7.21. The molecule has 0 aliphatic carbocycles. The monoisotopic (exact) mass is 275 g/mol. The van der Waals surface area contributed by atoms with E-state index in [-0.39, 0.29) is 17.2 Å². The van der Waals surface area contributed by atoms with Gasteiger partial charge >= 0.3 is 5.97 Å². The van der Waals surface area contributed by atoms with E-state index in [4.69, 9.17) is 0 Å². The molecule has 1 N–H and O–H groups in total. The number of aromatic carboxylic acids is 1. The van der Waals surface area contributed by atoms with E-state index in [2.05, 4.69) is 5.10 Å². The molecular weight excluding hydrogens is 258 g/mol. The quantitative estimate of drug-likeness (QED) is 0.928. The van der Waals surface area contributed by atoms with Crippen LogP contribution in [-0.2, 0) is 0 Å². The molecule has 2 heterocycles. The molecule has 0 aromatic carbocycles. The Kier molecular flexibility index (Phi) is 3.48. The van der Waals surface area contributed by atoms with Crippen LogP contribution in [-0.4, -0.2) is 25.4 Å². The van der Waals surface area contributed by atoms with Gasteiger partial charge in [0.1, 0.15) is 0 Å². The van der Waals surface area contributed by atoms with Crippen molar-refractivity contribution in [3.8, 4) is 5.69 Å². The Hall–Kier alpha value is -2.37. The molecule has 6 heteroatoms. The van der Waals surface area contributed by atoms with Crippen molar-refractivity contribution in [3.63, 3.8) is 0 Å². The van der Waals surface area contributed by atoms with Crippen LogP contribution in [0.15, 0.2) is 23.3 Å². The summed E-state index contributed by atoms with van der Waals surface area (Å²) >= 11 is 0. The number of carboxylic acid groups (broad SMARTS) is 1. The Bertz CT molecular complexity index is 726. The number of carboxylic acids is 1. The van der Waals surface area contributed by atoms with Gasteiger partial charge in [-0.3, -0.25) is 14.0 Å². The molecule has 2 aromatic heterocycles. The maximum atomic E-state index is 12.1. The van der Waals surface area contributed by atoms with Gasteiger partial charge in [-0.1, -0.05) is 0 Å². The topological polar surface area (TPSA) is 77.1 Å². The number of nitrogens with zero attached hydrogens (tertiary/aromatic N) is 3. The van der Waals surface area contributed by atoms with Crippen molar-refractivity contribution in [3.05, 3.63) is 45.6 Å². The predicted molar refractivity (Wildman–Crippen MR) is 74.6 cm³/mol. The third-order valence-corrected chi connectivity index (χ3v) is 3.24. The minimum atomic E-state index is -1.04. The Labute approximate surface area is 116 Å². The molecule has 2 aromatic rings. The fraction of sp³-hybridized carbons (Fsp3) is 0.357. The van der Waals surface area contributed by atoms with Crippen molar-refractivity contribution in [2.75, 3.05) is 0 Å². The molecule has 6 nitrogen and oxygen atoms in total. The van der Waals surface area contributed by atoms with Crippen molar-refractivity contribution in [1.29, 1.82) is 0 Å². The highest BCUT2D eigenvalue weighted by Crippen LogP contribution is 2.16. The molecule has 2 rings (SSSR count). The summed E-state index contributed by atoms with van der Waals surface area (Å²) in [5, 5.41) is 13.4. The Morgan fingerprint density at radius 1 is 1.35 bits per heavy atom. The van der Waals surface area contributed by atoms with Crippen LogP contribution in [0.4, 0.5) is 0 Å². The van der Waals surface area contributed by atoms with Crippen LogP contribution in [0.25, 0.3) is 5.69 Å². The molecular formula is C14H17N3O3. The smallest absolute Gasteiger partial charge is 0.337 e. The van der Waals surface area contributed by atoms with Gasteiger partial charge in [-0.15, -0.1) is 0 Å². The maximum absolute atomic E-state index is 12.1. The summed E-state index contributed by atoms with van der Waals surface area (Å²) in [6.07, 6.45) is 3.30. The molecule has 0 fully saturated rings. The van der Waals surface area contributed by atoms with Crippen LogP contribution in [0.1, 0.15) is 41.5 Å². The molecule has 0 amide bonds. The lowest BCUT2D eigenvalue weighted by Gasteiger charge is -2.12. The highest BCUT2D eigenvalue weighted by atomic mass is 16.4. The summed E-state index contributed by atoms with van der Waals surface area (Å²) in [5.41, 5.74) is 1.34. The number of carbonyl (C=O) groups is 1. The molecule has 0 saturated carbocycles. The number of pyridine rings is 1. The first kappa shape index (κ1) is 14.0. The van der Waals surface area contributed by atoms with Crippen molar-refractivity contribution >= 4 is 5.97 Å². The first-order valence-electron chi connectivity index (χ1n) is 6.34. The van der Waals surface area contributed by atoms with Gasteiger partial charge in [-0.25, -0.2) is 4.79 Å². The summed E-state index contributed by atoms with van der Waals surface area (Å²) in [7, 11) is 0. The average molecular weight is 275 g/mol. The fourth-order valence-electron chi connectivity index (χ4n) is 2.25. The van der Waals surface area contributed by atoms with Crippen molar-refractivity contribution < 1.29 is 9.90 Å². The van der Waals surface area contributed by atoms with Gasteiger partial charge in [-0.2, -0.15) is 5.10 Å². The second-order valence-electron chi connectivity index (χ2n) is 5.04. The lowest BCUT2D eigenvalue weighted by molar-refractivity contribution is 0.0694. The Morgan fingerprint density at radius 2 is 2.00 bits per heavy atom. The molecule has 0 atom stereocenters. The standard InChI is InChI=1S/C14H17N3O3/c1-8(2)16-7-11(6-15-16)17-10(4)13(14(19)20)9(3)5-12(17)18/h5-8H,1-4H3,(H,19,20). The summed E-state index contributed by atoms with van der Waals surface area (Å²) in [6, 6.07) is 1.51. The molecule has 0 spiro atoms. The van der Waals surface area contributed by atoms with Gasteiger partial charge in [0.05, 0.1) is 17.4 Å². The zero-order chi connectivity index (χ0) is 15.0. The zero-order valence-corrected chi connectivity index (χ0v) is 11.9. The second kappa shape index (κ2) is 4.96. The van der Waals surface area contributed by atoms with E-state index in [9.17, 15) is 14.7 Å². The second-order valence-corrected chi connectivity index (χ2v) is 5.04. The lowest BCUT2D eigenvalue weighted by atomic mass is 10.1. The predicted octanol–water partition coefficient (Wildman–Crippen LogP) is 1.93. The summed E-state index contributed by atoms with van der Waals surface area (Å²) < 4.78 is 3.10. The maximum Gasteiger partial charge on any atom is 0.337 e. The van der Waals surface area contributed by atoms with Crippen LogP contribution in [0.2, 0.25) is 0 Å². The van der Waals surface area contributed by atoms with Gasteiger partial charge in [0.2, 0.25) is 0 Å². The van der Waals surface area contributed by atoms with Crippen LogP contribution < -0.4 is 5.56 Å². The SMILES string of the molecule is Cc1cc(=O)n(-c2cnn(C(C)C)c2)c(C)c1C(=O)O. The van der Waals surface area contributed by atoms with Gasteiger partial charge in [0.15, 0.2) is 0 Å². The first-order valence-corrected chi connectivity index (χ1v) is 6.34. The van der Waals surface area contributed by atoms with Crippen LogP contribution >= 0.6 is 0 Å². The normalized spacial score (nSPS) is 11.1. The van der Waals surface area contributed by atoms with Crippen molar-refractivity contribution in [1.82, 2.24) is 14.3 Å². The summed E-state index contributed by atoms with van der Waals surface area (Å²) in [4.78, 5) is 23.5. The largest absolute Gasteiger partial charge is 0.478 e. The van der Waals surface area contributed by atoms with Crippen molar-refractivity contribution in [2.24, 2.45) is 0 Å². The Balaban J connectivity index is 2.70. The van der Waals surface area contributed by atoms with E-state index >= 15 is 0 Å². The fourth-order valence-corrected chi connectivity index (χ4v) is 2.25. The van der Waals surface area contributed by atoms with Crippen LogP contribution in [0, 0.1) is 13.8 Å². The number of hydrogen-bond acceptors (Lipinski definition) is 3. The van der Waals surface area contributed by atoms with Gasteiger partial charge in [0.25, 0.3) is 5.56 Å². The van der Waals surface area contributed by atoms with Gasteiger partial charge < -0.3 is 5.11 Å². The van der Waals surface area contributed by atoms with E-state index in [1.165, 1.54) is 10.6 Å². The molecule has 0 saturated heterocycles. The molecule has 0 aliphatic rings. The third kappa shape index (κ3) is 2.24. The molecule has 106 valence electrons. The number of hydrogen-bond donors (Lipinski definition) is 1. The van der Waals surface area contributed by atoms with E-state index in [1.807, 2.05) is 13.8 Å². The zero-order valence-electron chi connectivity index (χ0n) is 11.9. The van der Waals surface area contributed by atoms with E-state index in [0.717, 1.165) is 0 Å². The molecule has 0 radical (unpaired) electrons. The van der Waals surface area contributed by atoms with E-state index in [1.54, 1.807) is 30.9 Å². The molecule has 0 aliphatic heterocycles. The molecule has 0 unspecified atom stereocenters. The van der Waals surface area contributed by atoms with Gasteiger partial charge in [0, 0.05) is 24.0 Å². The minimum Gasteiger partial charge on any atom is -0.478 e. The lowest BCUT2D eigenvalue weighted by Crippen LogP contribution is -2.23. The van der Waals surface area contributed by atoms with E-state index < -0.39 is 5.97 Å². The average Bonchev–Trinajstić information content (AvgIpc) is 2.76.